The topological polar surface area (TPSA) is 29.5 Å². The van der Waals surface area contributed by atoms with Gasteiger partial charge in [-0.2, -0.15) is 0 Å². The van der Waals surface area contributed by atoms with Gasteiger partial charge in [0, 0.05) is 23.7 Å². The van der Waals surface area contributed by atoms with Crippen molar-refractivity contribution < 1.29 is 22.7 Å². The number of alkyl halides is 3. The van der Waals surface area contributed by atoms with Gasteiger partial charge in [0.05, 0.1) is 5.57 Å². The molecular formula is C21H24Cl2F3NO2. The maximum Gasteiger partial charge on any atom is 0.573 e. The average Bonchev–Trinajstić information content (AvgIpc) is 2.66. The van der Waals surface area contributed by atoms with E-state index in [1.165, 1.54) is 29.8 Å². The lowest BCUT2D eigenvalue weighted by Crippen LogP contribution is -2.37. The maximum absolute atomic E-state index is 12.7. The van der Waals surface area contributed by atoms with Crippen LogP contribution in [0.4, 0.5) is 13.2 Å². The minimum atomic E-state index is -4.74. The highest BCUT2D eigenvalue weighted by Crippen LogP contribution is 2.28. The number of likely N-dealkylation sites (tertiary alicyclic amines) is 1. The molecule has 0 unspecified atom stereocenters. The number of ether oxygens (including phenoxy) is 1. The van der Waals surface area contributed by atoms with Crippen LogP contribution in [0.1, 0.15) is 39.2 Å². The van der Waals surface area contributed by atoms with E-state index in [1.807, 2.05) is 26.8 Å². The number of rotatable bonds is 5. The van der Waals surface area contributed by atoms with Crippen LogP contribution in [0.15, 0.2) is 58.1 Å². The van der Waals surface area contributed by atoms with E-state index in [0.29, 0.717) is 29.1 Å². The third kappa shape index (κ3) is 8.15. The lowest BCUT2D eigenvalue weighted by molar-refractivity contribution is -0.274. The molecule has 1 aromatic carbocycles. The van der Waals surface area contributed by atoms with Crippen molar-refractivity contribution in [3.8, 4) is 5.75 Å². The molecule has 0 atom stereocenters. The van der Waals surface area contributed by atoms with Crippen LogP contribution in [-0.2, 0) is 11.3 Å². The summed E-state index contributed by atoms with van der Waals surface area (Å²) >= 11 is 12.0. The monoisotopic (exact) mass is 449 g/mol. The molecule has 0 saturated carbocycles. The van der Waals surface area contributed by atoms with Gasteiger partial charge in [-0.05, 0) is 42.2 Å². The molecule has 1 saturated heterocycles. The molecule has 1 fully saturated rings. The van der Waals surface area contributed by atoms with Crippen molar-refractivity contribution in [1.29, 1.82) is 0 Å². The van der Waals surface area contributed by atoms with Crippen LogP contribution in [0.2, 0.25) is 0 Å². The molecule has 160 valence electrons. The van der Waals surface area contributed by atoms with E-state index < -0.39 is 6.36 Å². The predicted molar refractivity (Wildman–Crippen MR) is 111 cm³/mol. The van der Waals surface area contributed by atoms with Gasteiger partial charge in [-0.3, -0.25) is 4.79 Å². The number of halogens is 5. The number of nitrogens with zero attached hydrogens (tertiary/aromatic N) is 1. The second-order valence-electron chi connectivity index (χ2n) is 5.86. The molecule has 0 bridgehead atoms. The number of carbonyl (C=O) groups is 1. The van der Waals surface area contributed by atoms with Gasteiger partial charge in [-0.25, -0.2) is 0 Å². The molecule has 1 aliphatic heterocycles. The Morgan fingerprint density at radius 3 is 2.38 bits per heavy atom. The molecule has 1 amide bonds. The minimum absolute atomic E-state index is 0.251. The molecule has 29 heavy (non-hydrogen) atoms. The predicted octanol–water partition coefficient (Wildman–Crippen LogP) is 6.93. The van der Waals surface area contributed by atoms with Crippen molar-refractivity contribution in [2.24, 2.45) is 0 Å². The van der Waals surface area contributed by atoms with E-state index in [-0.39, 0.29) is 18.2 Å². The van der Waals surface area contributed by atoms with Crippen molar-refractivity contribution >= 4 is 29.1 Å². The molecule has 1 heterocycles. The van der Waals surface area contributed by atoms with Crippen molar-refractivity contribution in [3.63, 3.8) is 0 Å². The number of piperidine rings is 1. The lowest BCUT2D eigenvalue weighted by atomic mass is 9.97. The zero-order chi connectivity index (χ0) is 22.0. The van der Waals surface area contributed by atoms with Gasteiger partial charge in [0.2, 0.25) is 0 Å². The second kappa shape index (κ2) is 11.9. The summed E-state index contributed by atoms with van der Waals surface area (Å²) < 4.78 is 40.5. The quantitative estimate of drug-likeness (QED) is 0.456. The van der Waals surface area contributed by atoms with Gasteiger partial charge < -0.3 is 9.64 Å². The number of carbonyl (C=O) groups excluding carboxylic acids is 1. The van der Waals surface area contributed by atoms with E-state index in [1.54, 1.807) is 11.0 Å². The van der Waals surface area contributed by atoms with Gasteiger partial charge in [0.1, 0.15) is 5.75 Å². The maximum atomic E-state index is 12.7. The van der Waals surface area contributed by atoms with Crippen molar-refractivity contribution in [1.82, 2.24) is 4.90 Å². The first-order chi connectivity index (χ1) is 13.7. The van der Waals surface area contributed by atoms with Crippen LogP contribution in [0.25, 0.3) is 0 Å². The van der Waals surface area contributed by atoms with E-state index in [4.69, 9.17) is 23.2 Å². The third-order valence-corrected chi connectivity index (χ3v) is 4.35. The lowest BCUT2D eigenvalue weighted by Gasteiger charge is -2.30. The van der Waals surface area contributed by atoms with Crippen LogP contribution in [-0.4, -0.2) is 23.7 Å². The largest absolute Gasteiger partial charge is 0.573 e. The second-order valence-corrected chi connectivity index (χ2v) is 6.51. The normalized spacial score (nSPS) is 18.0. The standard InChI is InChI=1S/C19H18Cl2F3NO2.C2H6/c1-2-3-15(21)10-14-8-9-25(18(26)17(14)11-20)12-13-4-6-16(7-5-13)27-19(22,23)24;1-2/h3-7,10-11H,2,8-9,12H2,1H3;1-2H3/b14-10-,15-3+,17-11-;. The number of hydrogen-bond donors (Lipinski definition) is 0. The fraction of sp³-hybridized carbons (Fsp3) is 0.381. The molecule has 1 aliphatic rings. The van der Waals surface area contributed by atoms with Crippen LogP contribution < -0.4 is 4.74 Å². The molecule has 2 rings (SSSR count). The smallest absolute Gasteiger partial charge is 0.406 e. The highest BCUT2D eigenvalue weighted by molar-refractivity contribution is 6.31. The summed E-state index contributed by atoms with van der Waals surface area (Å²) in [6.07, 6.45) is 0.185. The first kappa shape index (κ1) is 25.1. The average molecular weight is 450 g/mol. The van der Waals surface area contributed by atoms with Crippen LogP contribution in [0.5, 0.6) is 5.75 Å². The van der Waals surface area contributed by atoms with Crippen molar-refractivity contribution in [2.75, 3.05) is 6.54 Å². The van der Waals surface area contributed by atoms with Crippen LogP contribution in [0, 0.1) is 0 Å². The molecule has 0 radical (unpaired) electrons. The van der Waals surface area contributed by atoms with Crippen molar-refractivity contribution in [3.05, 3.63) is 63.7 Å². The SMILES string of the molecule is CC.CC\C=C(Cl)/C=C1/CCN(Cc2ccc(OC(F)(F)F)cc2)C(=O)/C1=C\Cl. The Morgan fingerprint density at radius 1 is 1.24 bits per heavy atom. The van der Waals surface area contributed by atoms with Crippen molar-refractivity contribution in [2.45, 2.75) is 46.5 Å². The number of hydrogen-bond acceptors (Lipinski definition) is 2. The molecule has 0 aliphatic carbocycles. The Hall–Kier alpha value is -1.92. The van der Waals surface area contributed by atoms with Gasteiger partial charge in [-0.15, -0.1) is 13.2 Å². The fourth-order valence-electron chi connectivity index (χ4n) is 2.65. The Bertz CT molecular complexity index is 769. The molecule has 8 heteroatoms. The fourth-order valence-corrected chi connectivity index (χ4v) is 3.17. The number of allylic oxidation sites excluding steroid dienone is 3. The summed E-state index contributed by atoms with van der Waals surface area (Å²) in [6, 6.07) is 5.42. The van der Waals surface area contributed by atoms with Gasteiger partial charge in [0.15, 0.2) is 0 Å². The highest BCUT2D eigenvalue weighted by atomic mass is 35.5. The Morgan fingerprint density at radius 2 is 1.86 bits per heavy atom. The Balaban J connectivity index is 0.00000204. The molecule has 0 N–H and O–H groups in total. The molecule has 0 spiro atoms. The zero-order valence-corrected chi connectivity index (χ0v) is 18.0. The third-order valence-electron chi connectivity index (χ3n) is 3.87. The van der Waals surface area contributed by atoms with E-state index in [0.717, 1.165) is 12.0 Å². The first-order valence-corrected chi connectivity index (χ1v) is 10.1. The molecule has 1 aromatic rings. The molecule has 0 aromatic heterocycles. The van der Waals surface area contributed by atoms with Crippen LogP contribution in [0.3, 0.4) is 0 Å². The van der Waals surface area contributed by atoms with E-state index in [2.05, 4.69) is 4.74 Å². The summed E-state index contributed by atoms with van der Waals surface area (Å²) in [6.45, 7) is 6.67. The van der Waals surface area contributed by atoms with E-state index >= 15 is 0 Å². The van der Waals surface area contributed by atoms with E-state index in [9.17, 15) is 18.0 Å². The van der Waals surface area contributed by atoms with Gasteiger partial charge >= 0.3 is 6.36 Å². The Kier molecular flexibility index (Phi) is 10.3. The zero-order valence-electron chi connectivity index (χ0n) is 16.5. The highest BCUT2D eigenvalue weighted by Gasteiger charge is 2.31. The minimum Gasteiger partial charge on any atom is -0.406 e. The summed E-state index contributed by atoms with van der Waals surface area (Å²) in [7, 11) is 0. The molecular weight excluding hydrogens is 426 g/mol. The summed E-state index contributed by atoms with van der Waals surface area (Å²) in [4.78, 5) is 14.2. The molecule has 3 nitrogen and oxygen atoms in total. The van der Waals surface area contributed by atoms with Gasteiger partial charge in [-0.1, -0.05) is 62.2 Å². The summed E-state index contributed by atoms with van der Waals surface area (Å²) in [5, 5.41) is 0.546. The van der Waals surface area contributed by atoms with Gasteiger partial charge in [0.25, 0.3) is 5.91 Å². The summed E-state index contributed by atoms with van der Waals surface area (Å²) in [5.41, 5.74) is 3.04. The first-order valence-electron chi connectivity index (χ1n) is 9.24. The number of benzene rings is 1. The number of amides is 1. The summed E-state index contributed by atoms with van der Waals surface area (Å²) in [5.74, 6) is -0.556. The van der Waals surface area contributed by atoms with Crippen LogP contribution >= 0.6 is 23.2 Å². The Labute approximate surface area is 179 Å².